The van der Waals surface area contributed by atoms with Gasteiger partial charge in [0.05, 0.1) is 11.3 Å². The molecule has 0 amide bonds. The minimum absolute atomic E-state index is 0.239. The van der Waals surface area contributed by atoms with Crippen molar-refractivity contribution in [2.24, 2.45) is 7.05 Å². The number of phenols is 1. The zero-order valence-corrected chi connectivity index (χ0v) is 11.6. The van der Waals surface area contributed by atoms with Crippen molar-refractivity contribution in [3.05, 3.63) is 41.9 Å². The number of hydrogen-bond acceptors (Lipinski definition) is 4. The third kappa shape index (κ3) is 1.97. The van der Waals surface area contributed by atoms with Crippen LogP contribution in [-0.2, 0) is 7.05 Å². The van der Waals surface area contributed by atoms with Crippen LogP contribution >= 0.6 is 0 Å². The molecule has 102 valence electrons. The number of hydrogen-bond donors (Lipinski definition) is 1. The summed E-state index contributed by atoms with van der Waals surface area (Å²) in [7, 11) is 1.88. The molecule has 5 nitrogen and oxygen atoms in total. The molecular formula is C15H15N3O2. The topological polar surface area (TPSA) is 64.1 Å². The number of rotatable bonds is 2. The first-order valence-corrected chi connectivity index (χ1v) is 6.32. The van der Waals surface area contributed by atoms with E-state index in [4.69, 9.17) is 4.52 Å². The van der Waals surface area contributed by atoms with Gasteiger partial charge in [0.15, 0.2) is 0 Å². The molecular weight excluding hydrogens is 254 g/mol. The smallest absolute Gasteiger partial charge is 0.141 e. The Labute approximate surface area is 116 Å². The summed E-state index contributed by atoms with van der Waals surface area (Å²) in [6.45, 7) is 3.81. The van der Waals surface area contributed by atoms with E-state index in [1.54, 1.807) is 16.8 Å². The molecule has 0 atom stereocenters. The number of aryl methyl sites for hydroxylation is 3. The molecule has 5 heteroatoms. The average Bonchev–Trinajstić information content (AvgIpc) is 2.94. The van der Waals surface area contributed by atoms with E-state index in [-0.39, 0.29) is 5.75 Å². The molecule has 0 spiro atoms. The monoisotopic (exact) mass is 269 g/mol. The lowest BCUT2D eigenvalue weighted by Gasteiger charge is -2.02. The molecule has 0 unspecified atom stereocenters. The molecule has 0 radical (unpaired) electrons. The fourth-order valence-electron chi connectivity index (χ4n) is 2.37. The summed E-state index contributed by atoms with van der Waals surface area (Å²) in [6.07, 6.45) is 1.95. The van der Waals surface area contributed by atoms with Gasteiger partial charge in [0.2, 0.25) is 0 Å². The van der Waals surface area contributed by atoms with E-state index in [9.17, 15) is 5.11 Å². The minimum atomic E-state index is 0.239. The third-order valence-corrected chi connectivity index (χ3v) is 3.27. The van der Waals surface area contributed by atoms with Crippen molar-refractivity contribution in [2.75, 3.05) is 0 Å². The van der Waals surface area contributed by atoms with E-state index in [1.807, 2.05) is 39.2 Å². The summed E-state index contributed by atoms with van der Waals surface area (Å²) in [5.41, 5.74) is 4.59. The van der Waals surface area contributed by atoms with Crippen molar-refractivity contribution >= 4 is 0 Å². The van der Waals surface area contributed by atoms with Crippen molar-refractivity contribution in [2.45, 2.75) is 13.8 Å². The maximum Gasteiger partial charge on any atom is 0.141 e. The van der Waals surface area contributed by atoms with E-state index in [2.05, 4.69) is 10.3 Å². The van der Waals surface area contributed by atoms with Gasteiger partial charge in [-0.1, -0.05) is 5.16 Å². The lowest BCUT2D eigenvalue weighted by Crippen LogP contribution is -1.87. The molecule has 0 aliphatic rings. The number of aromatic nitrogens is 3. The highest BCUT2D eigenvalue weighted by Gasteiger charge is 2.19. The molecule has 1 N–H and O–H groups in total. The minimum Gasteiger partial charge on any atom is -0.508 e. The van der Waals surface area contributed by atoms with Crippen molar-refractivity contribution in [3.63, 3.8) is 0 Å². The summed E-state index contributed by atoms with van der Waals surface area (Å²) < 4.78 is 7.01. The number of nitrogens with zero attached hydrogens (tertiary/aromatic N) is 3. The SMILES string of the molecule is Cc1noc(C)c1-c1cn(C)nc1-c1ccc(O)cc1. The van der Waals surface area contributed by atoms with Crippen LogP contribution in [0.25, 0.3) is 22.4 Å². The molecule has 2 aromatic heterocycles. The van der Waals surface area contributed by atoms with Gasteiger partial charge in [0.25, 0.3) is 0 Å². The van der Waals surface area contributed by atoms with Gasteiger partial charge in [-0.3, -0.25) is 4.68 Å². The zero-order valence-electron chi connectivity index (χ0n) is 11.6. The Kier molecular flexibility index (Phi) is 2.82. The normalized spacial score (nSPS) is 10.9. The number of benzene rings is 1. The van der Waals surface area contributed by atoms with Crippen molar-refractivity contribution in [3.8, 4) is 28.1 Å². The third-order valence-electron chi connectivity index (χ3n) is 3.27. The Balaban J connectivity index is 2.21. The molecule has 3 aromatic rings. The van der Waals surface area contributed by atoms with E-state index in [0.29, 0.717) is 0 Å². The Morgan fingerprint density at radius 1 is 1.15 bits per heavy atom. The van der Waals surface area contributed by atoms with Gasteiger partial charge in [-0.15, -0.1) is 0 Å². The Hall–Kier alpha value is -2.56. The van der Waals surface area contributed by atoms with Gasteiger partial charge in [0, 0.05) is 24.4 Å². The van der Waals surface area contributed by atoms with Gasteiger partial charge < -0.3 is 9.63 Å². The molecule has 0 fully saturated rings. The first kappa shape index (κ1) is 12.5. The summed E-state index contributed by atoms with van der Waals surface area (Å²) in [4.78, 5) is 0. The molecule has 0 aliphatic heterocycles. The molecule has 20 heavy (non-hydrogen) atoms. The van der Waals surface area contributed by atoms with Crippen LogP contribution < -0.4 is 0 Å². The van der Waals surface area contributed by atoms with Crippen molar-refractivity contribution < 1.29 is 9.63 Å². The van der Waals surface area contributed by atoms with Gasteiger partial charge in [-0.25, -0.2) is 0 Å². The second kappa shape index (κ2) is 4.52. The molecule has 3 rings (SSSR count). The number of aromatic hydroxyl groups is 1. The summed E-state index contributed by atoms with van der Waals surface area (Å²) in [5, 5.41) is 17.9. The van der Waals surface area contributed by atoms with Crippen LogP contribution in [0, 0.1) is 13.8 Å². The quantitative estimate of drug-likeness (QED) is 0.776. The van der Waals surface area contributed by atoms with Gasteiger partial charge in [-0.05, 0) is 38.1 Å². The van der Waals surface area contributed by atoms with Crippen molar-refractivity contribution in [1.29, 1.82) is 0 Å². The molecule has 0 saturated heterocycles. The zero-order chi connectivity index (χ0) is 14.3. The molecule has 0 bridgehead atoms. The Bertz CT molecular complexity index is 735. The highest BCUT2D eigenvalue weighted by Crippen LogP contribution is 2.35. The number of phenolic OH excluding ortho intramolecular Hbond substituents is 1. The molecule has 2 heterocycles. The maximum atomic E-state index is 9.40. The van der Waals surface area contributed by atoms with Crippen LogP contribution in [0.4, 0.5) is 0 Å². The van der Waals surface area contributed by atoms with E-state index < -0.39 is 0 Å². The Morgan fingerprint density at radius 3 is 2.45 bits per heavy atom. The van der Waals surface area contributed by atoms with Gasteiger partial charge >= 0.3 is 0 Å². The second-order valence-electron chi connectivity index (χ2n) is 4.81. The standard InChI is InChI=1S/C15H15N3O2/c1-9-14(10(2)20-17-9)13-8-18(3)16-15(13)11-4-6-12(19)7-5-11/h4-8,19H,1-3H3. The summed E-state index contributed by atoms with van der Waals surface area (Å²) in [5.74, 6) is 1.01. The lowest BCUT2D eigenvalue weighted by atomic mass is 10.0. The predicted molar refractivity (Wildman–Crippen MR) is 75.3 cm³/mol. The second-order valence-corrected chi connectivity index (χ2v) is 4.81. The first-order valence-electron chi connectivity index (χ1n) is 6.32. The van der Waals surface area contributed by atoms with Crippen molar-refractivity contribution in [1.82, 2.24) is 14.9 Å². The van der Waals surface area contributed by atoms with Crippen LogP contribution in [-0.4, -0.2) is 20.0 Å². The van der Waals surface area contributed by atoms with E-state index >= 15 is 0 Å². The average molecular weight is 269 g/mol. The maximum absolute atomic E-state index is 9.40. The highest BCUT2D eigenvalue weighted by molar-refractivity contribution is 5.82. The molecule has 1 aromatic carbocycles. The van der Waals surface area contributed by atoms with Crippen LogP contribution in [0.5, 0.6) is 5.75 Å². The van der Waals surface area contributed by atoms with Crippen LogP contribution in [0.2, 0.25) is 0 Å². The van der Waals surface area contributed by atoms with Crippen LogP contribution in [0.1, 0.15) is 11.5 Å². The summed E-state index contributed by atoms with van der Waals surface area (Å²) >= 11 is 0. The molecule has 0 aliphatic carbocycles. The van der Waals surface area contributed by atoms with Gasteiger partial charge in [-0.2, -0.15) is 5.10 Å². The van der Waals surface area contributed by atoms with Gasteiger partial charge in [0.1, 0.15) is 17.2 Å². The van der Waals surface area contributed by atoms with E-state index in [0.717, 1.165) is 33.8 Å². The lowest BCUT2D eigenvalue weighted by molar-refractivity contribution is 0.393. The Morgan fingerprint density at radius 2 is 1.85 bits per heavy atom. The predicted octanol–water partition coefficient (Wildman–Crippen LogP) is 3.06. The van der Waals surface area contributed by atoms with Crippen LogP contribution in [0.3, 0.4) is 0 Å². The highest BCUT2D eigenvalue weighted by atomic mass is 16.5. The molecule has 0 saturated carbocycles. The largest absolute Gasteiger partial charge is 0.508 e. The summed E-state index contributed by atoms with van der Waals surface area (Å²) in [6, 6.07) is 7.00. The van der Waals surface area contributed by atoms with E-state index in [1.165, 1.54) is 0 Å². The van der Waals surface area contributed by atoms with Crippen LogP contribution in [0.15, 0.2) is 35.0 Å². The first-order chi connectivity index (χ1) is 9.56. The fourth-order valence-corrected chi connectivity index (χ4v) is 2.37. The fraction of sp³-hybridized carbons (Fsp3) is 0.200.